The van der Waals surface area contributed by atoms with Crippen LogP contribution in [-0.2, 0) is 6.42 Å². The van der Waals surface area contributed by atoms with Crippen LogP contribution in [0.5, 0.6) is 0 Å². The highest BCUT2D eigenvalue weighted by Gasteiger charge is 2.09. The van der Waals surface area contributed by atoms with E-state index in [4.69, 9.17) is 0 Å². The third-order valence-corrected chi connectivity index (χ3v) is 4.37. The van der Waals surface area contributed by atoms with Gasteiger partial charge >= 0.3 is 0 Å². The first-order valence-electron chi connectivity index (χ1n) is 7.26. The lowest BCUT2D eigenvalue weighted by atomic mass is 10.2. The molecule has 0 N–H and O–H groups in total. The Labute approximate surface area is 132 Å². The quantitative estimate of drug-likeness (QED) is 0.736. The topological polar surface area (TPSA) is 50.5 Å². The number of hydrogen-bond donors (Lipinski definition) is 0. The van der Waals surface area contributed by atoms with Crippen LogP contribution in [0.15, 0.2) is 29.1 Å². The van der Waals surface area contributed by atoms with Gasteiger partial charge in [0.05, 0.1) is 4.53 Å². The normalized spacial score (nSPS) is 12.2. The number of benzene rings is 1. The van der Waals surface area contributed by atoms with Gasteiger partial charge in [0.25, 0.3) is 5.56 Å². The lowest BCUT2D eigenvalue weighted by molar-refractivity contribution is 0.810. The molecule has 6 heteroatoms. The van der Waals surface area contributed by atoms with Crippen molar-refractivity contribution >= 4 is 28.1 Å². The molecule has 22 heavy (non-hydrogen) atoms. The number of fused-ring (bicyclic) bond motifs is 1. The lowest BCUT2D eigenvalue weighted by Gasteiger charge is -2.11. The Kier molecular flexibility index (Phi) is 3.94. The van der Waals surface area contributed by atoms with Gasteiger partial charge in [-0.15, -0.1) is 5.10 Å². The van der Waals surface area contributed by atoms with Crippen LogP contribution >= 0.6 is 11.3 Å². The Hall–Kier alpha value is -2.21. The third-order valence-electron chi connectivity index (χ3n) is 3.41. The maximum atomic E-state index is 12.4. The van der Waals surface area contributed by atoms with Crippen molar-refractivity contribution in [1.29, 1.82) is 0 Å². The predicted octanol–water partition coefficient (Wildman–Crippen LogP) is 1.72. The Morgan fingerprint density at radius 3 is 2.59 bits per heavy atom. The first-order chi connectivity index (χ1) is 10.6. The van der Waals surface area contributed by atoms with E-state index in [9.17, 15) is 4.79 Å². The first kappa shape index (κ1) is 14.7. The Balaban J connectivity index is 2.00. The summed E-state index contributed by atoms with van der Waals surface area (Å²) in [6, 6.07) is 8.08. The largest absolute Gasteiger partial charge is 0.378 e. The van der Waals surface area contributed by atoms with Gasteiger partial charge < -0.3 is 4.90 Å². The SMILES string of the molecule is CCCc1nc2s/c(=C\c3ccc(N(C)C)cc3)c(=O)n2n1. The number of aryl methyl sites for hydroxylation is 1. The van der Waals surface area contributed by atoms with Crippen LogP contribution < -0.4 is 15.0 Å². The molecule has 0 spiro atoms. The smallest absolute Gasteiger partial charge is 0.291 e. The van der Waals surface area contributed by atoms with E-state index in [1.807, 2.05) is 49.3 Å². The van der Waals surface area contributed by atoms with E-state index in [0.29, 0.717) is 9.49 Å². The molecule has 5 nitrogen and oxygen atoms in total. The Morgan fingerprint density at radius 1 is 1.27 bits per heavy atom. The van der Waals surface area contributed by atoms with Crippen LogP contribution in [0.2, 0.25) is 0 Å². The van der Waals surface area contributed by atoms with Crippen LogP contribution in [0.3, 0.4) is 0 Å². The molecule has 0 atom stereocenters. The third kappa shape index (κ3) is 2.74. The average Bonchev–Trinajstić information content (AvgIpc) is 3.00. The fourth-order valence-electron chi connectivity index (χ4n) is 2.22. The second-order valence-corrected chi connectivity index (χ2v) is 6.38. The van der Waals surface area contributed by atoms with Crippen molar-refractivity contribution in [2.24, 2.45) is 0 Å². The van der Waals surface area contributed by atoms with E-state index >= 15 is 0 Å². The molecule has 0 radical (unpaired) electrons. The standard InChI is InChI=1S/C16H18N4OS/c1-4-5-14-17-16-20(18-14)15(21)13(22-16)10-11-6-8-12(9-7-11)19(2)3/h6-10H,4-5H2,1-3H3/b13-10-. The van der Waals surface area contributed by atoms with Gasteiger partial charge in [0.15, 0.2) is 5.82 Å². The number of aromatic nitrogens is 3. The summed E-state index contributed by atoms with van der Waals surface area (Å²) < 4.78 is 2.08. The highest BCUT2D eigenvalue weighted by Crippen LogP contribution is 2.12. The molecule has 114 valence electrons. The summed E-state index contributed by atoms with van der Waals surface area (Å²) in [5.41, 5.74) is 2.04. The molecular weight excluding hydrogens is 296 g/mol. The van der Waals surface area contributed by atoms with Crippen molar-refractivity contribution in [2.45, 2.75) is 19.8 Å². The van der Waals surface area contributed by atoms with Gasteiger partial charge in [-0.25, -0.2) is 4.98 Å². The van der Waals surface area contributed by atoms with Gasteiger partial charge in [-0.2, -0.15) is 4.52 Å². The second kappa shape index (κ2) is 5.88. The predicted molar refractivity (Wildman–Crippen MR) is 90.7 cm³/mol. The van der Waals surface area contributed by atoms with E-state index < -0.39 is 0 Å². The second-order valence-electron chi connectivity index (χ2n) is 5.37. The van der Waals surface area contributed by atoms with E-state index in [1.165, 1.54) is 15.9 Å². The van der Waals surface area contributed by atoms with Crippen molar-refractivity contribution in [3.63, 3.8) is 0 Å². The summed E-state index contributed by atoms with van der Waals surface area (Å²) in [4.78, 5) is 19.5. The summed E-state index contributed by atoms with van der Waals surface area (Å²) in [6.45, 7) is 2.07. The maximum absolute atomic E-state index is 12.4. The Bertz CT molecular complexity index is 893. The molecule has 1 aromatic carbocycles. The summed E-state index contributed by atoms with van der Waals surface area (Å²) in [5, 5.41) is 4.28. The molecule has 0 saturated carbocycles. The van der Waals surface area contributed by atoms with Crippen LogP contribution in [0.1, 0.15) is 24.7 Å². The number of thiazole rings is 1. The molecule has 0 aliphatic heterocycles. The van der Waals surface area contributed by atoms with Crippen LogP contribution in [0, 0.1) is 0 Å². The van der Waals surface area contributed by atoms with Crippen LogP contribution in [-0.4, -0.2) is 28.7 Å². The van der Waals surface area contributed by atoms with E-state index in [0.717, 1.165) is 29.9 Å². The molecule has 0 unspecified atom stereocenters. The minimum absolute atomic E-state index is 0.0912. The molecule has 0 aliphatic carbocycles. The highest BCUT2D eigenvalue weighted by atomic mass is 32.1. The Morgan fingerprint density at radius 2 is 2.00 bits per heavy atom. The molecule has 0 fully saturated rings. The first-order valence-corrected chi connectivity index (χ1v) is 8.07. The zero-order valence-electron chi connectivity index (χ0n) is 12.9. The van der Waals surface area contributed by atoms with Crippen LogP contribution in [0.4, 0.5) is 5.69 Å². The van der Waals surface area contributed by atoms with Crippen molar-refractivity contribution < 1.29 is 0 Å². The van der Waals surface area contributed by atoms with Gasteiger partial charge in [0.1, 0.15) is 0 Å². The summed E-state index contributed by atoms with van der Waals surface area (Å²) in [6.07, 6.45) is 3.67. The van der Waals surface area contributed by atoms with Gasteiger partial charge in [0.2, 0.25) is 4.96 Å². The van der Waals surface area contributed by atoms with E-state index in [2.05, 4.69) is 17.0 Å². The average molecular weight is 314 g/mol. The molecule has 3 aromatic rings. The summed E-state index contributed by atoms with van der Waals surface area (Å²) in [5.74, 6) is 0.743. The fourth-order valence-corrected chi connectivity index (χ4v) is 3.15. The molecule has 0 amide bonds. The van der Waals surface area contributed by atoms with E-state index in [-0.39, 0.29) is 5.56 Å². The summed E-state index contributed by atoms with van der Waals surface area (Å²) in [7, 11) is 4.00. The van der Waals surface area contributed by atoms with Gasteiger partial charge in [-0.3, -0.25) is 4.79 Å². The number of nitrogens with zero attached hydrogens (tertiary/aromatic N) is 4. The van der Waals surface area contributed by atoms with Crippen molar-refractivity contribution in [1.82, 2.24) is 14.6 Å². The molecular formula is C16H18N4OS. The monoisotopic (exact) mass is 314 g/mol. The molecule has 0 aliphatic rings. The van der Waals surface area contributed by atoms with Gasteiger partial charge in [0, 0.05) is 26.2 Å². The van der Waals surface area contributed by atoms with Crippen molar-refractivity contribution in [3.8, 4) is 0 Å². The molecule has 2 aromatic heterocycles. The molecule has 3 rings (SSSR count). The molecule has 0 saturated heterocycles. The lowest BCUT2D eigenvalue weighted by Crippen LogP contribution is -2.23. The minimum Gasteiger partial charge on any atom is -0.378 e. The number of rotatable bonds is 4. The van der Waals surface area contributed by atoms with Gasteiger partial charge in [-0.05, 0) is 30.2 Å². The zero-order valence-corrected chi connectivity index (χ0v) is 13.7. The van der Waals surface area contributed by atoms with E-state index in [1.54, 1.807) is 0 Å². The van der Waals surface area contributed by atoms with Crippen molar-refractivity contribution in [3.05, 3.63) is 50.5 Å². The van der Waals surface area contributed by atoms with Crippen molar-refractivity contribution in [2.75, 3.05) is 19.0 Å². The van der Waals surface area contributed by atoms with Crippen LogP contribution in [0.25, 0.3) is 11.0 Å². The van der Waals surface area contributed by atoms with Gasteiger partial charge in [-0.1, -0.05) is 30.4 Å². The maximum Gasteiger partial charge on any atom is 0.291 e. The summed E-state index contributed by atoms with van der Waals surface area (Å²) >= 11 is 1.39. The fraction of sp³-hybridized carbons (Fsp3) is 0.312. The zero-order chi connectivity index (χ0) is 15.7. The number of hydrogen-bond acceptors (Lipinski definition) is 5. The minimum atomic E-state index is -0.0912. The molecule has 2 heterocycles. The molecule has 0 bridgehead atoms. The number of anilines is 1. The highest BCUT2D eigenvalue weighted by molar-refractivity contribution is 7.15.